The molecule has 0 saturated carbocycles. The number of nitrogens with one attached hydrogen (secondary N) is 2. The van der Waals surface area contributed by atoms with E-state index in [9.17, 15) is 9.59 Å². The van der Waals surface area contributed by atoms with Crippen molar-refractivity contribution in [2.75, 3.05) is 0 Å². The van der Waals surface area contributed by atoms with E-state index in [2.05, 4.69) is 21.0 Å². The summed E-state index contributed by atoms with van der Waals surface area (Å²) in [5, 5.41) is 4.42. The minimum Gasteiger partial charge on any atom is -0.347 e. The summed E-state index contributed by atoms with van der Waals surface area (Å²) in [5.41, 5.74) is 7.24. The molecule has 0 saturated heterocycles. The SMILES string of the molecule is Cc1noc2nc(C(C)C)cc(C(=O)NNC(=O)c3cccn3C)c12. The molecule has 25 heavy (non-hydrogen) atoms. The predicted octanol–water partition coefficient (Wildman–Crippen LogP) is 2.07. The lowest BCUT2D eigenvalue weighted by molar-refractivity contribution is 0.0843. The van der Waals surface area contributed by atoms with Gasteiger partial charge >= 0.3 is 0 Å². The van der Waals surface area contributed by atoms with E-state index in [1.54, 1.807) is 42.9 Å². The van der Waals surface area contributed by atoms with Crippen LogP contribution in [0, 0.1) is 6.92 Å². The first kappa shape index (κ1) is 16.7. The summed E-state index contributed by atoms with van der Waals surface area (Å²) < 4.78 is 6.86. The van der Waals surface area contributed by atoms with Crippen LogP contribution in [0.3, 0.4) is 0 Å². The number of hydrogen-bond acceptors (Lipinski definition) is 5. The first-order chi connectivity index (χ1) is 11.9. The number of carbonyl (C=O) groups excluding carboxylic acids is 2. The molecule has 0 radical (unpaired) electrons. The molecule has 3 aromatic heterocycles. The Morgan fingerprint density at radius 1 is 1.24 bits per heavy atom. The minimum atomic E-state index is -0.455. The Labute approximate surface area is 144 Å². The molecule has 0 atom stereocenters. The predicted molar refractivity (Wildman–Crippen MR) is 91.0 cm³/mol. The van der Waals surface area contributed by atoms with Gasteiger partial charge in [0.25, 0.3) is 17.5 Å². The Hall–Kier alpha value is -3.16. The van der Waals surface area contributed by atoms with Crippen LogP contribution in [0.25, 0.3) is 11.1 Å². The summed E-state index contributed by atoms with van der Waals surface area (Å²) in [7, 11) is 1.75. The second kappa shape index (κ2) is 6.39. The molecule has 8 heteroatoms. The number of fused-ring (bicyclic) bond motifs is 1. The highest BCUT2D eigenvalue weighted by Gasteiger charge is 2.20. The zero-order chi connectivity index (χ0) is 18.1. The monoisotopic (exact) mass is 341 g/mol. The summed E-state index contributed by atoms with van der Waals surface area (Å²) in [5.74, 6) is -0.750. The number of aromatic nitrogens is 3. The smallest absolute Gasteiger partial charge is 0.286 e. The van der Waals surface area contributed by atoms with E-state index in [-0.39, 0.29) is 5.92 Å². The number of nitrogens with zero attached hydrogens (tertiary/aromatic N) is 3. The van der Waals surface area contributed by atoms with E-state index in [1.165, 1.54) is 0 Å². The van der Waals surface area contributed by atoms with Gasteiger partial charge in [0.2, 0.25) is 0 Å². The van der Waals surface area contributed by atoms with E-state index >= 15 is 0 Å². The van der Waals surface area contributed by atoms with Crippen LogP contribution in [0.5, 0.6) is 0 Å². The Bertz CT molecular complexity index is 955. The fourth-order valence-corrected chi connectivity index (χ4v) is 2.53. The first-order valence-corrected chi connectivity index (χ1v) is 7.87. The van der Waals surface area contributed by atoms with Gasteiger partial charge in [-0.1, -0.05) is 19.0 Å². The highest BCUT2D eigenvalue weighted by Crippen LogP contribution is 2.24. The van der Waals surface area contributed by atoms with Crippen LogP contribution in [-0.4, -0.2) is 26.5 Å². The molecule has 3 aromatic rings. The van der Waals surface area contributed by atoms with Crippen molar-refractivity contribution < 1.29 is 14.1 Å². The first-order valence-electron chi connectivity index (χ1n) is 7.87. The van der Waals surface area contributed by atoms with Gasteiger partial charge in [0.05, 0.1) is 16.6 Å². The van der Waals surface area contributed by atoms with E-state index in [4.69, 9.17) is 4.52 Å². The number of hydrogen-bond donors (Lipinski definition) is 2. The molecule has 130 valence electrons. The molecule has 0 aliphatic carbocycles. The number of pyridine rings is 1. The number of amides is 2. The normalized spacial score (nSPS) is 11.1. The van der Waals surface area contributed by atoms with Crippen molar-refractivity contribution in [2.45, 2.75) is 26.7 Å². The summed E-state index contributed by atoms with van der Waals surface area (Å²) >= 11 is 0. The van der Waals surface area contributed by atoms with Gasteiger partial charge in [0, 0.05) is 18.9 Å². The maximum atomic E-state index is 12.6. The van der Waals surface area contributed by atoms with Gasteiger partial charge in [-0.3, -0.25) is 20.4 Å². The third-order valence-corrected chi connectivity index (χ3v) is 3.94. The summed E-state index contributed by atoms with van der Waals surface area (Å²) in [6.45, 7) is 5.68. The Morgan fingerprint density at radius 2 is 1.96 bits per heavy atom. The molecule has 3 heterocycles. The molecule has 3 rings (SSSR count). The van der Waals surface area contributed by atoms with Gasteiger partial charge in [0.1, 0.15) is 5.69 Å². The molecular weight excluding hydrogens is 322 g/mol. The number of carbonyl (C=O) groups is 2. The van der Waals surface area contributed by atoms with Gasteiger partial charge in [0.15, 0.2) is 0 Å². The maximum absolute atomic E-state index is 12.6. The van der Waals surface area contributed by atoms with Gasteiger partial charge in [-0.15, -0.1) is 0 Å². The molecule has 0 aromatic carbocycles. The molecule has 2 amide bonds. The molecule has 0 bridgehead atoms. The molecule has 0 aliphatic heterocycles. The van der Waals surface area contributed by atoms with Gasteiger partial charge < -0.3 is 9.09 Å². The number of aryl methyl sites for hydroxylation is 2. The van der Waals surface area contributed by atoms with E-state index < -0.39 is 11.8 Å². The van der Waals surface area contributed by atoms with E-state index in [0.717, 1.165) is 0 Å². The lowest BCUT2D eigenvalue weighted by atomic mass is 10.0. The van der Waals surface area contributed by atoms with Gasteiger partial charge in [-0.05, 0) is 31.0 Å². The van der Waals surface area contributed by atoms with Crippen molar-refractivity contribution in [1.82, 2.24) is 25.6 Å². The summed E-state index contributed by atoms with van der Waals surface area (Å²) in [4.78, 5) is 29.1. The zero-order valence-electron chi connectivity index (χ0n) is 14.5. The highest BCUT2D eigenvalue weighted by molar-refractivity contribution is 6.07. The third kappa shape index (κ3) is 3.10. The van der Waals surface area contributed by atoms with Crippen LogP contribution in [0.1, 0.15) is 52.0 Å². The molecule has 0 unspecified atom stereocenters. The lowest BCUT2D eigenvalue weighted by Gasteiger charge is -2.11. The summed E-state index contributed by atoms with van der Waals surface area (Å²) in [6, 6.07) is 5.10. The Balaban J connectivity index is 1.87. The van der Waals surface area contributed by atoms with Crippen molar-refractivity contribution in [1.29, 1.82) is 0 Å². The largest absolute Gasteiger partial charge is 0.347 e. The maximum Gasteiger partial charge on any atom is 0.286 e. The van der Waals surface area contributed by atoms with Crippen molar-refractivity contribution in [3.8, 4) is 0 Å². The average molecular weight is 341 g/mol. The Kier molecular flexibility index (Phi) is 4.26. The fourth-order valence-electron chi connectivity index (χ4n) is 2.53. The second-order valence-electron chi connectivity index (χ2n) is 6.11. The van der Waals surface area contributed by atoms with Crippen LogP contribution >= 0.6 is 0 Å². The van der Waals surface area contributed by atoms with Crippen molar-refractivity contribution >= 4 is 22.9 Å². The topological polar surface area (TPSA) is 102 Å². The number of rotatable bonds is 3. The second-order valence-corrected chi connectivity index (χ2v) is 6.11. The van der Waals surface area contributed by atoms with Gasteiger partial charge in [-0.25, -0.2) is 4.98 Å². The minimum absolute atomic E-state index is 0.110. The van der Waals surface area contributed by atoms with E-state index in [1.807, 2.05) is 13.8 Å². The Morgan fingerprint density at radius 3 is 2.60 bits per heavy atom. The van der Waals surface area contributed by atoms with Crippen molar-refractivity contribution in [2.24, 2.45) is 7.05 Å². The highest BCUT2D eigenvalue weighted by atomic mass is 16.5. The number of hydrazine groups is 1. The fraction of sp³-hybridized carbons (Fsp3) is 0.294. The van der Waals surface area contributed by atoms with Crippen LogP contribution in [0.2, 0.25) is 0 Å². The molecule has 0 spiro atoms. The van der Waals surface area contributed by atoms with Crippen molar-refractivity contribution in [3.63, 3.8) is 0 Å². The zero-order valence-corrected chi connectivity index (χ0v) is 14.5. The quantitative estimate of drug-likeness (QED) is 0.710. The van der Waals surface area contributed by atoms with Crippen molar-refractivity contribution in [3.05, 3.63) is 47.0 Å². The van der Waals surface area contributed by atoms with Crippen LogP contribution in [0.15, 0.2) is 28.9 Å². The average Bonchev–Trinajstić information content (AvgIpc) is 3.17. The molecule has 8 nitrogen and oxygen atoms in total. The lowest BCUT2D eigenvalue weighted by Crippen LogP contribution is -2.42. The summed E-state index contributed by atoms with van der Waals surface area (Å²) in [6.07, 6.45) is 1.75. The molecular formula is C17H19N5O3. The van der Waals surface area contributed by atoms with Gasteiger partial charge in [-0.2, -0.15) is 0 Å². The van der Waals surface area contributed by atoms with Crippen LogP contribution in [0.4, 0.5) is 0 Å². The van der Waals surface area contributed by atoms with Crippen LogP contribution < -0.4 is 10.9 Å². The molecule has 2 N–H and O–H groups in total. The third-order valence-electron chi connectivity index (χ3n) is 3.94. The molecule has 0 fully saturated rings. The van der Waals surface area contributed by atoms with Crippen LogP contribution in [-0.2, 0) is 7.05 Å². The standard InChI is InChI=1S/C17H19N5O3/c1-9(2)12-8-11(14-10(3)21-25-17(14)18-12)15(23)19-20-16(24)13-6-5-7-22(13)4/h5-9H,1-4H3,(H,19,23)(H,20,24). The van der Waals surface area contributed by atoms with E-state index in [0.29, 0.717) is 33.7 Å². The molecule has 0 aliphatic rings.